The molecule has 1 heterocycles. The van der Waals surface area contributed by atoms with Crippen LogP contribution in [0.4, 0.5) is 0 Å². The molecule has 0 aromatic carbocycles. The predicted molar refractivity (Wildman–Crippen MR) is 74.0 cm³/mol. The van der Waals surface area contributed by atoms with Gasteiger partial charge in [-0.2, -0.15) is 5.10 Å². The van der Waals surface area contributed by atoms with Gasteiger partial charge in [0.05, 0.1) is 28.6 Å². The minimum Gasteiger partial charge on any atom is -0.372 e. The fourth-order valence-electron chi connectivity index (χ4n) is 1.93. The van der Waals surface area contributed by atoms with Crippen molar-refractivity contribution in [3.05, 3.63) is 15.9 Å². The van der Waals surface area contributed by atoms with Crippen molar-refractivity contribution in [2.75, 3.05) is 0 Å². The summed E-state index contributed by atoms with van der Waals surface area (Å²) in [5.41, 5.74) is 2.22. The van der Waals surface area contributed by atoms with Gasteiger partial charge in [-0.25, -0.2) is 0 Å². The molecule has 0 amide bonds. The fraction of sp³-hybridized carbons (Fsp3) is 0.769. The summed E-state index contributed by atoms with van der Waals surface area (Å²) < 4.78 is 8.87. The monoisotopic (exact) mass is 302 g/mol. The maximum Gasteiger partial charge on any atom is 0.0899 e. The highest BCUT2D eigenvalue weighted by Crippen LogP contribution is 2.23. The summed E-state index contributed by atoms with van der Waals surface area (Å²) in [5.74, 6) is 0.672. The molecular weight excluding hydrogens is 280 g/mol. The van der Waals surface area contributed by atoms with Crippen LogP contribution in [0.5, 0.6) is 0 Å². The second kappa shape index (κ2) is 6.55. The summed E-state index contributed by atoms with van der Waals surface area (Å²) in [7, 11) is 1.97. The zero-order valence-electron chi connectivity index (χ0n) is 11.5. The van der Waals surface area contributed by atoms with Crippen molar-refractivity contribution in [2.24, 2.45) is 13.0 Å². The minimum atomic E-state index is 0.293. The highest BCUT2D eigenvalue weighted by atomic mass is 79.9. The van der Waals surface area contributed by atoms with E-state index in [1.807, 2.05) is 11.7 Å². The average Bonchev–Trinajstić information content (AvgIpc) is 2.50. The van der Waals surface area contributed by atoms with Crippen LogP contribution in [0.25, 0.3) is 0 Å². The van der Waals surface area contributed by atoms with Gasteiger partial charge < -0.3 is 4.74 Å². The van der Waals surface area contributed by atoms with Crippen LogP contribution in [0.2, 0.25) is 0 Å². The van der Waals surface area contributed by atoms with E-state index in [0.29, 0.717) is 18.6 Å². The smallest absolute Gasteiger partial charge is 0.0899 e. The van der Waals surface area contributed by atoms with Crippen molar-refractivity contribution in [3.8, 4) is 0 Å². The van der Waals surface area contributed by atoms with Crippen LogP contribution in [0.1, 0.15) is 45.5 Å². The van der Waals surface area contributed by atoms with E-state index in [4.69, 9.17) is 4.74 Å². The molecule has 0 saturated heterocycles. The van der Waals surface area contributed by atoms with Crippen molar-refractivity contribution < 1.29 is 4.74 Å². The van der Waals surface area contributed by atoms with Gasteiger partial charge in [0.15, 0.2) is 0 Å². The van der Waals surface area contributed by atoms with E-state index in [1.165, 1.54) is 0 Å². The molecule has 4 heteroatoms. The number of halogens is 1. The van der Waals surface area contributed by atoms with Gasteiger partial charge >= 0.3 is 0 Å². The SMILES string of the molecule is CCc1nn(C)c(COC(C)CC(C)C)c1Br. The summed E-state index contributed by atoms with van der Waals surface area (Å²) in [6.07, 6.45) is 2.33. The topological polar surface area (TPSA) is 27.1 Å². The zero-order chi connectivity index (χ0) is 13.0. The van der Waals surface area contributed by atoms with E-state index in [9.17, 15) is 0 Å². The van der Waals surface area contributed by atoms with Gasteiger partial charge in [0.25, 0.3) is 0 Å². The lowest BCUT2D eigenvalue weighted by molar-refractivity contribution is 0.0360. The van der Waals surface area contributed by atoms with E-state index >= 15 is 0 Å². The lowest BCUT2D eigenvalue weighted by Crippen LogP contribution is -2.12. The Morgan fingerprint density at radius 2 is 2.00 bits per heavy atom. The Hall–Kier alpha value is -0.350. The van der Waals surface area contributed by atoms with Gasteiger partial charge in [0, 0.05) is 7.05 Å². The molecule has 1 atom stereocenters. The third-order valence-corrected chi connectivity index (χ3v) is 3.73. The Bertz CT molecular complexity index is 361. The number of hydrogen-bond donors (Lipinski definition) is 0. The molecule has 0 aliphatic rings. The second-order valence-corrected chi connectivity index (χ2v) is 5.73. The largest absolute Gasteiger partial charge is 0.372 e. The average molecular weight is 303 g/mol. The molecule has 3 nitrogen and oxygen atoms in total. The molecule has 0 spiro atoms. The van der Waals surface area contributed by atoms with Crippen molar-refractivity contribution in [1.82, 2.24) is 9.78 Å². The Morgan fingerprint density at radius 1 is 1.35 bits per heavy atom. The lowest BCUT2D eigenvalue weighted by atomic mass is 10.1. The molecule has 1 aromatic rings. The van der Waals surface area contributed by atoms with Crippen molar-refractivity contribution in [1.29, 1.82) is 0 Å². The molecule has 0 N–H and O–H groups in total. The number of hydrogen-bond acceptors (Lipinski definition) is 2. The number of ether oxygens (including phenoxy) is 1. The quantitative estimate of drug-likeness (QED) is 0.801. The summed E-state index contributed by atoms with van der Waals surface area (Å²) in [4.78, 5) is 0. The maximum absolute atomic E-state index is 5.87. The Kier molecular flexibility index (Phi) is 5.67. The first-order valence-corrected chi connectivity index (χ1v) is 7.06. The van der Waals surface area contributed by atoms with Crippen LogP contribution >= 0.6 is 15.9 Å². The number of aromatic nitrogens is 2. The Balaban J connectivity index is 2.60. The van der Waals surface area contributed by atoms with E-state index < -0.39 is 0 Å². The molecule has 0 bridgehead atoms. The normalized spacial score (nSPS) is 13.4. The molecule has 0 radical (unpaired) electrons. The van der Waals surface area contributed by atoms with E-state index in [2.05, 4.69) is 48.7 Å². The van der Waals surface area contributed by atoms with E-state index in [0.717, 1.165) is 28.7 Å². The highest BCUT2D eigenvalue weighted by Gasteiger charge is 2.14. The minimum absolute atomic E-state index is 0.293. The van der Waals surface area contributed by atoms with Crippen molar-refractivity contribution >= 4 is 15.9 Å². The molecule has 0 aliphatic heterocycles. The molecule has 0 aliphatic carbocycles. The van der Waals surface area contributed by atoms with Gasteiger partial charge in [0.1, 0.15) is 0 Å². The van der Waals surface area contributed by atoms with Crippen LogP contribution < -0.4 is 0 Å². The molecule has 1 rings (SSSR count). The molecule has 17 heavy (non-hydrogen) atoms. The fourth-order valence-corrected chi connectivity index (χ4v) is 2.66. The van der Waals surface area contributed by atoms with E-state index in [1.54, 1.807) is 0 Å². The van der Waals surface area contributed by atoms with Gasteiger partial charge in [-0.05, 0) is 41.6 Å². The van der Waals surface area contributed by atoms with Crippen LogP contribution in [0.3, 0.4) is 0 Å². The summed E-state index contributed by atoms with van der Waals surface area (Å²) in [5, 5.41) is 4.46. The number of rotatable bonds is 6. The summed E-state index contributed by atoms with van der Waals surface area (Å²) in [6.45, 7) is 9.30. The summed E-state index contributed by atoms with van der Waals surface area (Å²) >= 11 is 3.60. The lowest BCUT2D eigenvalue weighted by Gasteiger charge is -2.15. The predicted octanol–water partition coefficient (Wildman–Crippen LogP) is 3.70. The number of nitrogens with zero attached hydrogens (tertiary/aromatic N) is 2. The Labute approximate surface area is 113 Å². The first kappa shape index (κ1) is 14.7. The molecule has 98 valence electrons. The maximum atomic E-state index is 5.87. The molecule has 0 fully saturated rings. The second-order valence-electron chi connectivity index (χ2n) is 4.94. The van der Waals surface area contributed by atoms with Crippen LogP contribution in [0, 0.1) is 5.92 Å². The van der Waals surface area contributed by atoms with Gasteiger partial charge in [-0.1, -0.05) is 20.8 Å². The first-order valence-electron chi connectivity index (χ1n) is 6.27. The zero-order valence-corrected chi connectivity index (χ0v) is 13.0. The number of aryl methyl sites for hydroxylation is 2. The van der Waals surface area contributed by atoms with Crippen molar-refractivity contribution in [2.45, 2.75) is 53.2 Å². The third kappa shape index (κ3) is 4.11. The summed E-state index contributed by atoms with van der Waals surface area (Å²) in [6, 6.07) is 0. The van der Waals surface area contributed by atoms with Gasteiger partial charge in [0.2, 0.25) is 0 Å². The molecule has 0 saturated carbocycles. The standard InChI is InChI=1S/C13H23BrN2O/c1-6-11-13(14)12(16(5)15-11)8-17-10(4)7-9(2)3/h9-10H,6-8H2,1-5H3. The van der Waals surface area contributed by atoms with Gasteiger partial charge in [-0.15, -0.1) is 0 Å². The van der Waals surface area contributed by atoms with Gasteiger partial charge in [-0.3, -0.25) is 4.68 Å². The Morgan fingerprint density at radius 3 is 2.47 bits per heavy atom. The van der Waals surface area contributed by atoms with E-state index in [-0.39, 0.29) is 0 Å². The highest BCUT2D eigenvalue weighted by molar-refractivity contribution is 9.10. The van der Waals surface area contributed by atoms with Crippen LogP contribution in [0.15, 0.2) is 4.47 Å². The molecule has 1 unspecified atom stereocenters. The molecular formula is C13H23BrN2O. The third-order valence-electron chi connectivity index (χ3n) is 2.81. The van der Waals surface area contributed by atoms with Crippen LogP contribution in [-0.4, -0.2) is 15.9 Å². The van der Waals surface area contributed by atoms with Crippen LogP contribution in [-0.2, 0) is 24.8 Å². The van der Waals surface area contributed by atoms with Crippen molar-refractivity contribution in [3.63, 3.8) is 0 Å². The first-order chi connectivity index (χ1) is 7.95. The molecule has 1 aromatic heterocycles.